The van der Waals surface area contributed by atoms with Crippen molar-refractivity contribution >= 4 is 0 Å². The number of benzene rings is 1. The van der Waals surface area contributed by atoms with E-state index in [1.165, 1.54) is 37.1 Å². The second-order valence-electron chi connectivity index (χ2n) is 5.74. The summed E-state index contributed by atoms with van der Waals surface area (Å²) < 4.78 is 0. The number of nitrogens with two attached hydrogens (primary N) is 1. The third-order valence-corrected chi connectivity index (χ3v) is 4.74. The molecule has 2 N–H and O–H groups in total. The normalized spacial score (nSPS) is 21.8. The standard InChI is InChI=1S/C16H26N2/c1-4-16(3,18-11-7-8-12-18)15(17)14-10-6-5-9-13(14)2/h5-6,9-10,15H,4,7-8,11-12,17H2,1-3H3. The Morgan fingerprint density at radius 1 is 1.28 bits per heavy atom. The summed E-state index contributed by atoms with van der Waals surface area (Å²) in [5.74, 6) is 0. The molecule has 100 valence electrons. The van der Waals surface area contributed by atoms with Crippen molar-refractivity contribution in [1.29, 1.82) is 0 Å². The molecule has 1 saturated heterocycles. The fraction of sp³-hybridized carbons (Fsp3) is 0.625. The Balaban J connectivity index is 2.29. The Morgan fingerprint density at radius 2 is 1.89 bits per heavy atom. The predicted octanol–water partition coefficient (Wildman–Crippen LogP) is 3.26. The van der Waals surface area contributed by atoms with Gasteiger partial charge in [-0.05, 0) is 57.3 Å². The van der Waals surface area contributed by atoms with Crippen molar-refractivity contribution in [3.8, 4) is 0 Å². The van der Waals surface area contributed by atoms with E-state index in [2.05, 4.69) is 49.9 Å². The van der Waals surface area contributed by atoms with Crippen LogP contribution in [0.3, 0.4) is 0 Å². The van der Waals surface area contributed by atoms with Gasteiger partial charge in [0.25, 0.3) is 0 Å². The van der Waals surface area contributed by atoms with E-state index in [4.69, 9.17) is 5.73 Å². The van der Waals surface area contributed by atoms with Crippen molar-refractivity contribution in [2.24, 2.45) is 5.73 Å². The second kappa shape index (κ2) is 5.41. The van der Waals surface area contributed by atoms with Crippen LogP contribution in [-0.2, 0) is 0 Å². The summed E-state index contributed by atoms with van der Waals surface area (Å²) in [6.07, 6.45) is 3.73. The maximum Gasteiger partial charge on any atom is 0.0481 e. The van der Waals surface area contributed by atoms with Gasteiger partial charge in [-0.15, -0.1) is 0 Å². The first kappa shape index (κ1) is 13.6. The van der Waals surface area contributed by atoms with Gasteiger partial charge in [-0.1, -0.05) is 31.2 Å². The van der Waals surface area contributed by atoms with E-state index < -0.39 is 0 Å². The average molecular weight is 246 g/mol. The van der Waals surface area contributed by atoms with Crippen LogP contribution in [0.1, 0.15) is 50.3 Å². The molecule has 18 heavy (non-hydrogen) atoms. The Hall–Kier alpha value is -0.860. The average Bonchev–Trinajstić information content (AvgIpc) is 2.92. The van der Waals surface area contributed by atoms with Crippen molar-refractivity contribution in [2.75, 3.05) is 13.1 Å². The van der Waals surface area contributed by atoms with Crippen LogP contribution in [-0.4, -0.2) is 23.5 Å². The molecular formula is C16H26N2. The van der Waals surface area contributed by atoms with Crippen LogP contribution in [0, 0.1) is 6.92 Å². The smallest absolute Gasteiger partial charge is 0.0481 e. The number of aryl methyl sites for hydroxylation is 1. The molecule has 1 aromatic carbocycles. The number of nitrogens with zero attached hydrogens (tertiary/aromatic N) is 1. The minimum absolute atomic E-state index is 0.0859. The molecule has 1 aliphatic heterocycles. The summed E-state index contributed by atoms with van der Waals surface area (Å²) in [5.41, 5.74) is 9.32. The van der Waals surface area contributed by atoms with Gasteiger partial charge in [-0.3, -0.25) is 4.90 Å². The largest absolute Gasteiger partial charge is 0.322 e. The Kier molecular flexibility index (Phi) is 4.08. The molecule has 0 radical (unpaired) electrons. The first-order valence-corrected chi connectivity index (χ1v) is 7.15. The Bertz CT molecular complexity index is 396. The highest BCUT2D eigenvalue weighted by Crippen LogP contribution is 2.35. The molecule has 0 spiro atoms. The fourth-order valence-corrected chi connectivity index (χ4v) is 3.14. The Morgan fingerprint density at radius 3 is 2.44 bits per heavy atom. The number of rotatable bonds is 4. The van der Waals surface area contributed by atoms with Crippen LogP contribution < -0.4 is 5.73 Å². The van der Waals surface area contributed by atoms with Gasteiger partial charge in [0.05, 0.1) is 0 Å². The van der Waals surface area contributed by atoms with Gasteiger partial charge >= 0.3 is 0 Å². The molecule has 2 atom stereocenters. The summed E-state index contributed by atoms with van der Waals surface area (Å²) in [6, 6.07) is 8.63. The Labute approximate surface area is 111 Å². The number of hydrogen-bond donors (Lipinski definition) is 1. The first-order chi connectivity index (χ1) is 8.59. The summed E-state index contributed by atoms with van der Waals surface area (Å²) >= 11 is 0. The van der Waals surface area contributed by atoms with Crippen LogP contribution >= 0.6 is 0 Å². The van der Waals surface area contributed by atoms with Crippen molar-refractivity contribution in [2.45, 2.75) is 51.6 Å². The lowest BCUT2D eigenvalue weighted by Gasteiger charge is -2.43. The molecule has 1 aromatic rings. The number of likely N-dealkylation sites (tertiary alicyclic amines) is 1. The van der Waals surface area contributed by atoms with Crippen molar-refractivity contribution in [3.63, 3.8) is 0 Å². The van der Waals surface area contributed by atoms with E-state index in [9.17, 15) is 0 Å². The van der Waals surface area contributed by atoms with E-state index in [0.29, 0.717) is 0 Å². The summed E-state index contributed by atoms with van der Waals surface area (Å²) in [4.78, 5) is 2.59. The van der Waals surface area contributed by atoms with Gasteiger partial charge in [-0.2, -0.15) is 0 Å². The predicted molar refractivity (Wildman–Crippen MR) is 77.6 cm³/mol. The van der Waals surface area contributed by atoms with Crippen LogP contribution in [0.4, 0.5) is 0 Å². The molecule has 0 amide bonds. The summed E-state index contributed by atoms with van der Waals surface area (Å²) in [7, 11) is 0. The fourth-order valence-electron chi connectivity index (χ4n) is 3.14. The van der Waals surface area contributed by atoms with E-state index >= 15 is 0 Å². The van der Waals surface area contributed by atoms with Gasteiger partial charge in [-0.25, -0.2) is 0 Å². The van der Waals surface area contributed by atoms with Crippen molar-refractivity contribution < 1.29 is 0 Å². The lowest BCUT2D eigenvalue weighted by atomic mass is 9.82. The molecule has 0 bridgehead atoms. The summed E-state index contributed by atoms with van der Waals surface area (Å²) in [5, 5.41) is 0. The van der Waals surface area contributed by atoms with Gasteiger partial charge < -0.3 is 5.73 Å². The minimum Gasteiger partial charge on any atom is -0.322 e. The quantitative estimate of drug-likeness (QED) is 0.883. The first-order valence-electron chi connectivity index (χ1n) is 7.15. The van der Waals surface area contributed by atoms with Crippen molar-refractivity contribution in [1.82, 2.24) is 4.90 Å². The van der Waals surface area contributed by atoms with Crippen LogP contribution in [0.25, 0.3) is 0 Å². The van der Waals surface area contributed by atoms with E-state index in [0.717, 1.165) is 6.42 Å². The molecule has 0 aliphatic carbocycles. The topological polar surface area (TPSA) is 29.3 Å². The molecule has 2 rings (SSSR count). The van der Waals surface area contributed by atoms with Crippen LogP contribution in [0.5, 0.6) is 0 Å². The summed E-state index contributed by atoms with van der Waals surface area (Å²) in [6.45, 7) is 9.15. The van der Waals surface area contributed by atoms with Gasteiger partial charge in [0, 0.05) is 11.6 Å². The molecule has 0 aromatic heterocycles. The molecule has 0 saturated carbocycles. The molecule has 2 nitrogen and oxygen atoms in total. The lowest BCUT2D eigenvalue weighted by Crippen LogP contribution is -2.52. The zero-order valence-electron chi connectivity index (χ0n) is 11.9. The van der Waals surface area contributed by atoms with E-state index in [1.54, 1.807) is 0 Å². The molecule has 1 heterocycles. The molecule has 2 heteroatoms. The van der Waals surface area contributed by atoms with Crippen molar-refractivity contribution in [3.05, 3.63) is 35.4 Å². The zero-order chi connectivity index (χ0) is 13.2. The molecule has 1 aliphatic rings. The molecule has 2 unspecified atom stereocenters. The highest BCUT2D eigenvalue weighted by molar-refractivity contribution is 5.31. The van der Waals surface area contributed by atoms with Crippen LogP contribution in [0.15, 0.2) is 24.3 Å². The number of hydrogen-bond acceptors (Lipinski definition) is 2. The third kappa shape index (κ3) is 2.32. The second-order valence-corrected chi connectivity index (χ2v) is 5.74. The molecule has 1 fully saturated rings. The minimum atomic E-state index is 0.0859. The van der Waals surface area contributed by atoms with Gasteiger partial charge in [0.2, 0.25) is 0 Å². The SMILES string of the molecule is CCC(C)(C(N)c1ccccc1C)N1CCCC1. The highest BCUT2D eigenvalue weighted by Gasteiger charge is 2.38. The lowest BCUT2D eigenvalue weighted by molar-refractivity contribution is 0.0998. The maximum absolute atomic E-state index is 6.62. The highest BCUT2D eigenvalue weighted by atomic mass is 15.2. The van der Waals surface area contributed by atoms with Gasteiger partial charge in [0.1, 0.15) is 0 Å². The molecular weight excluding hydrogens is 220 g/mol. The van der Waals surface area contributed by atoms with Crippen LogP contribution in [0.2, 0.25) is 0 Å². The zero-order valence-corrected chi connectivity index (χ0v) is 11.9. The van der Waals surface area contributed by atoms with Gasteiger partial charge in [0.15, 0.2) is 0 Å². The third-order valence-electron chi connectivity index (χ3n) is 4.74. The maximum atomic E-state index is 6.62. The monoisotopic (exact) mass is 246 g/mol. The van der Waals surface area contributed by atoms with E-state index in [1.807, 2.05) is 0 Å². The van der Waals surface area contributed by atoms with E-state index in [-0.39, 0.29) is 11.6 Å².